The number of aliphatic hydroxyl groups excluding tert-OH is 1. The Balaban J connectivity index is 3.72. The van der Waals surface area contributed by atoms with Crippen molar-refractivity contribution in [3.05, 3.63) is 36.5 Å². The number of likely N-dealkylation sites (N-methyl/N-ethyl adjacent to an activating group) is 1. The molecule has 0 saturated carbocycles. The molecule has 0 aromatic heterocycles. The van der Waals surface area contributed by atoms with Crippen LogP contribution in [-0.4, -0.2) is 68.5 Å². The number of carbonyl (C=O) groups excluding carboxylic acids is 1. The zero-order chi connectivity index (χ0) is 49.9. The van der Waals surface area contributed by atoms with E-state index >= 15 is 0 Å². The predicted molar refractivity (Wildman–Crippen MR) is 293 cm³/mol. The summed E-state index contributed by atoms with van der Waals surface area (Å²) in [5.41, 5.74) is 0. The van der Waals surface area contributed by atoms with Gasteiger partial charge in [0.05, 0.1) is 39.9 Å². The number of nitrogens with zero attached hydrogens (tertiary/aromatic N) is 1. The van der Waals surface area contributed by atoms with Gasteiger partial charge in [-0.1, -0.05) is 262 Å². The zero-order valence-corrected chi connectivity index (χ0v) is 46.7. The molecule has 1 amide bonds. The first-order chi connectivity index (χ1) is 33.0. The van der Waals surface area contributed by atoms with Crippen LogP contribution in [0, 0.1) is 0 Å². The Morgan fingerprint density at radius 3 is 1.22 bits per heavy atom. The Kier molecular flexibility index (Phi) is 49.7. The van der Waals surface area contributed by atoms with Crippen molar-refractivity contribution in [2.75, 3.05) is 40.9 Å². The van der Waals surface area contributed by atoms with E-state index in [1.165, 1.54) is 218 Å². The van der Waals surface area contributed by atoms with Gasteiger partial charge in [0.15, 0.2) is 0 Å². The highest BCUT2D eigenvalue weighted by molar-refractivity contribution is 7.45. The molecule has 0 bridgehead atoms. The summed E-state index contributed by atoms with van der Waals surface area (Å²) in [7, 11) is 1.27. The van der Waals surface area contributed by atoms with Crippen LogP contribution in [0.25, 0.3) is 0 Å². The molecule has 0 aliphatic heterocycles. The molecule has 0 radical (unpaired) electrons. The monoisotopic (exact) mass is 979 g/mol. The molecular weight excluding hydrogens is 864 g/mol. The first kappa shape index (κ1) is 66.7. The maximum Gasteiger partial charge on any atom is 0.268 e. The second kappa shape index (κ2) is 50.7. The molecule has 0 aliphatic rings. The Morgan fingerprint density at radius 1 is 0.515 bits per heavy atom. The van der Waals surface area contributed by atoms with Crippen molar-refractivity contribution in [1.29, 1.82) is 0 Å². The fourth-order valence-corrected chi connectivity index (χ4v) is 9.44. The largest absolute Gasteiger partial charge is 0.756 e. The number of phosphoric acid groups is 1. The van der Waals surface area contributed by atoms with Crippen molar-refractivity contribution < 1.29 is 32.9 Å². The number of hydrogen-bond acceptors (Lipinski definition) is 6. The van der Waals surface area contributed by atoms with Crippen LogP contribution in [0.15, 0.2) is 36.5 Å². The van der Waals surface area contributed by atoms with Gasteiger partial charge in [-0.2, -0.15) is 0 Å². The number of nitrogens with one attached hydrogen (secondary N) is 1. The minimum atomic E-state index is -4.58. The number of rotatable bonds is 54. The van der Waals surface area contributed by atoms with Gasteiger partial charge in [0, 0.05) is 6.42 Å². The van der Waals surface area contributed by atoms with Crippen LogP contribution < -0.4 is 10.2 Å². The van der Waals surface area contributed by atoms with Gasteiger partial charge in [-0.3, -0.25) is 9.36 Å². The average molecular weight is 980 g/mol. The molecule has 0 fully saturated rings. The number of aliphatic hydroxyl groups is 1. The van der Waals surface area contributed by atoms with E-state index in [0.29, 0.717) is 17.4 Å². The van der Waals surface area contributed by atoms with Gasteiger partial charge in [-0.15, -0.1) is 0 Å². The van der Waals surface area contributed by atoms with E-state index in [9.17, 15) is 19.4 Å². The van der Waals surface area contributed by atoms with Gasteiger partial charge in [0.25, 0.3) is 7.82 Å². The minimum Gasteiger partial charge on any atom is -0.756 e. The maximum absolute atomic E-state index is 12.8. The molecule has 2 N–H and O–H groups in total. The zero-order valence-electron chi connectivity index (χ0n) is 45.8. The second-order valence-electron chi connectivity index (χ2n) is 21.4. The summed E-state index contributed by atoms with van der Waals surface area (Å²) in [6.07, 6.45) is 65.7. The summed E-state index contributed by atoms with van der Waals surface area (Å²) in [5.74, 6) is -0.197. The Morgan fingerprint density at radius 2 is 0.853 bits per heavy atom. The van der Waals surface area contributed by atoms with Crippen LogP contribution in [0.2, 0.25) is 0 Å². The van der Waals surface area contributed by atoms with E-state index in [1.807, 2.05) is 27.2 Å². The van der Waals surface area contributed by atoms with Crippen LogP contribution >= 0.6 is 7.82 Å². The van der Waals surface area contributed by atoms with Crippen LogP contribution in [0.3, 0.4) is 0 Å². The highest BCUT2D eigenvalue weighted by Gasteiger charge is 2.23. The normalized spacial score (nSPS) is 14.2. The molecule has 68 heavy (non-hydrogen) atoms. The molecular formula is C59H115N2O6P. The van der Waals surface area contributed by atoms with E-state index in [2.05, 4.69) is 43.5 Å². The van der Waals surface area contributed by atoms with Gasteiger partial charge in [0.2, 0.25) is 5.91 Å². The Hall–Kier alpha value is -1.28. The Labute approximate surface area is 423 Å². The lowest BCUT2D eigenvalue weighted by Gasteiger charge is -2.29. The third-order valence-electron chi connectivity index (χ3n) is 13.3. The molecule has 0 rings (SSSR count). The number of allylic oxidation sites excluding steroid dienone is 5. The van der Waals surface area contributed by atoms with E-state index in [-0.39, 0.29) is 19.1 Å². The van der Waals surface area contributed by atoms with Crippen LogP contribution in [-0.2, 0) is 18.4 Å². The second-order valence-corrected chi connectivity index (χ2v) is 22.8. The van der Waals surface area contributed by atoms with Crippen molar-refractivity contribution in [2.45, 2.75) is 296 Å². The quantitative estimate of drug-likeness (QED) is 0.0272. The first-order valence-electron chi connectivity index (χ1n) is 29.4. The predicted octanol–water partition coefficient (Wildman–Crippen LogP) is 17.1. The van der Waals surface area contributed by atoms with E-state index < -0.39 is 20.0 Å². The number of amides is 1. The summed E-state index contributed by atoms with van der Waals surface area (Å²) in [4.78, 5) is 25.3. The summed E-state index contributed by atoms with van der Waals surface area (Å²) in [6, 6.07) is -0.881. The maximum atomic E-state index is 12.8. The number of quaternary nitrogens is 1. The molecule has 0 aliphatic carbocycles. The molecule has 3 unspecified atom stereocenters. The van der Waals surface area contributed by atoms with Crippen LogP contribution in [0.5, 0.6) is 0 Å². The van der Waals surface area contributed by atoms with Crippen LogP contribution in [0.4, 0.5) is 0 Å². The smallest absolute Gasteiger partial charge is 0.268 e. The third-order valence-corrected chi connectivity index (χ3v) is 14.3. The molecule has 402 valence electrons. The summed E-state index contributed by atoms with van der Waals surface area (Å²) in [6.45, 7) is 4.59. The number of unbranched alkanes of at least 4 members (excludes halogenated alkanes) is 37. The Bertz CT molecular complexity index is 1200. The van der Waals surface area contributed by atoms with E-state index in [0.717, 1.165) is 44.9 Å². The van der Waals surface area contributed by atoms with Gasteiger partial charge < -0.3 is 28.8 Å². The fourth-order valence-electron chi connectivity index (χ4n) is 8.72. The first-order valence-corrected chi connectivity index (χ1v) is 30.8. The number of phosphoric ester groups is 1. The van der Waals surface area contributed by atoms with E-state index in [4.69, 9.17) is 9.05 Å². The highest BCUT2D eigenvalue weighted by atomic mass is 31.2. The van der Waals surface area contributed by atoms with Gasteiger partial charge in [-0.05, 0) is 51.4 Å². The van der Waals surface area contributed by atoms with Gasteiger partial charge in [-0.25, -0.2) is 0 Å². The van der Waals surface area contributed by atoms with Gasteiger partial charge >= 0.3 is 0 Å². The lowest BCUT2D eigenvalue weighted by molar-refractivity contribution is -0.870. The summed E-state index contributed by atoms with van der Waals surface area (Å²) >= 11 is 0. The van der Waals surface area contributed by atoms with Crippen molar-refractivity contribution in [1.82, 2.24) is 5.32 Å². The van der Waals surface area contributed by atoms with Crippen molar-refractivity contribution >= 4 is 13.7 Å². The lowest BCUT2D eigenvalue weighted by Crippen LogP contribution is -2.45. The summed E-state index contributed by atoms with van der Waals surface area (Å²) in [5, 5.41) is 13.7. The lowest BCUT2D eigenvalue weighted by atomic mass is 10.0. The SMILES string of the molecule is CCCCCCC/C=C\C/C=C\CCCCCCCCCCCCCCCCCCCCCCCCCCCCCC(=O)NC(COP(=O)([O-])OCC[N+](C)(C)C)C(O)/C=C/CCCCCCC. The van der Waals surface area contributed by atoms with Crippen molar-refractivity contribution in [3.63, 3.8) is 0 Å². The number of hydrogen-bond donors (Lipinski definition) is 2. The van der Waals surface area contributed by atoms with Crippen LogP contribution in [0.1, 0.15) is 284 Å². The highest BCUT2D eigenvalue weighted by Crippen LogP contribution is 2.38. The van der Waals surface area contributed by atoms with Crippen molar-refractivity contribution in [2.24, 2.45) is 0 Å². The molecule has 9 heteroatoms. The standard InChI is InChI=1S/C59H115N2O6P/c1-6-8-10-12-14-15-16-17-18-19-20-21-22-23-24-25-26-27-28-29-30-31-32-33-34-35-36-37-38-39-40-41-42-43-44-45-47-49-51-53-59(63)60-57(58(62)52-50-48-46-13-11-9-7-2)56-67-68(64,65)66-55-54-61(3,4)5/h16-17,19-20,50,52,57-58,62H,6-15,18,21-49,51,53-56H2,1-5H3,(H-,60,63,64,65)/b17-16-,20-19-,52-50+. The minimum absolute atomic E-state index is 0.000313. The summed E-state index contributed by atoms with van der Waals surface area (Å²) < 4.78 is 23.1. The average Bonchev–Trinajstić information content (AvgIpc) is 3.30. The topological polar surface area (TPSA) is 108 Å². The molecule has 0 aromatic carbocycles. The molecule has 0 heterocycles. The fraction of sp³-hybridized carbons (Fsp3) is 0.881. The molecule has 3 atom stereocenters. The number of carbonyl (C=O) groups is 1. The molecule has 0 spiro atoms. The third kappa shape index (κ3) is 52.5. The molecule has 0 saturated heterocycles. The van der Waals surface area contributed by atoms with Crippen molar-refractivity contribution in [3.8, 4) is 0 Å². The van der Waals surface area contributed by atoms with Gasteiger partial charge in [0.1, 0.15) is 13.2 Å². The molecule has 0 aromatic rings. The van der Waals surface area contributed by atoms with E-state index in [1.54, 1.807) is 6.08 Å². The molecule has 8 nitrogen and oxygen atoms in total.